The molecule has 0 aliphatic carbocycles. The lowest BCUT2D eigenvalue weighted by Crippen LogP contribution is -2.50. The third-order valence-electron chi connectivity index (χ3n) is 2.98. The Bertz CT molecular complexity index is 388. The number of carbonyl (C=O) groups is 1. The van der Waals surface area contributed by atoms with E-state index in [9.17, 15) is 9.90 Å². The molecule has 17 heavy (non-hydrogen) atoms. The maximum absolute atomic E-state index is 11.7. The monoisotopic (exact) mass is 235 g/mol. The fraction of sp³-hybridized carbons (Fsp3) is 0.462. The summed E-state index contributed by atoms with van der Waals surface area (Å²) in [5.41, 5.74) is 2.27. The van der Waals surface area contributed by atoms with E-state index in [0.717, 1.165) is 5.56 Å². The van der Waals surface area contributed by atoms with Crippen LogP contribution in [-0.2, 0) is 16.1 Å². The van der Waals surface area contributed by atoms with Crippen LogP contribution in [0.15, 0.2) is 24.3 Å². The minimum atomic E-state index is -0.224. The number of rotatable bonds is 3. The number of aryl methyl sites for hydroxylation is 1. The largest absolute Gasteiger partial charge is 0.394 e. The van der Waals surface area contributed by atoms with Crippen LogP contribution < -0.4 is 0 Å². The van der Waals surface area contributed by atoms with Gasteiger partial charge < -0.3 is 14.7 Å². The maximum Gasteiger partial charge on any atom is 0.249 e. The van der Waals surface area contributed by atoms with Crippen LogP contribution in [0.25, 0.3) is 0 Å². The summed E-state index contributed by atoms with van der Waals surface area (Å²) in [5.74, 6) is -0.0594. The zero-order valence-corrected chi connectivity index (χ0v) is 9.93. The average molecular weight is 235 g/mol. The van der Waals surface area contributed by atoms with Crippen LogP contribution in [0.2, 0.25) is 0 Å². The Morgan fingerprint density at radius 3 is 2.76 bits per heavy atom. The molecule has 0 aromatic heterocycles. The van der Waals surface area contributed by atoms with Crippen molar-refractivity contribution in [2.24, 2.45) is 0 Å². The van der Waals surface area contributed by atoms with Gasteiger partial charge in [-0.2, -0.15) is 0 Å². The number of hydrogen-bond acceptors (Lipinski definition) is 3. The Kier molecular flexibility index (Phi) is 3.76. The molecule has 0 spiro atoms. The number of amides is 1. The highest BCUT2D eigenvalue weighted by Gasteiger charge is 2.27. The zero-order chi connectivity index (χ0) is 12.3. The predicted octanol–water partition coefficient (Wildman–Crippen LogP) is 0.715. The van der Waals surface area contributed by atoms with Crippen LogP contribution in [0, 0.1) is 6.92 Å². The molecule has 1 aliphatic rings. The molecule has 1 saturated heterocycles. The molecule has 0 saturated carbocycles. The predicted molar refractivity (Wildman–Crippen MR) is 63.4 cm³/mol. The van der Waals surface area contributed by atoms with Gasteiger partial charge in [0.2, 0.25) is 5.91 Å². The Hall–Kier alpha value is -1.39. The molecule has 4 heteroatoms. The van der Waals surface area contributed by atoms with E-state index in [1.54, 1.807) is 4.90 Å². The third kappa shape index (κ3) is 2.84. The first-order valence-electron chi connectivity index (χ1n) is 5.74. The summed E-state index contributed by atoms with van der Waals surface area (Å²) in [6.45, 7) is 3.03. The molecular weight excluding hydrogens is 218 g/mol. The third-order valence-corrected chi connectivity index (χ3v) is 2.98. The molecule has 1 heterocycles. The smallest absolute Gasteiger partial charge is 0.249 e. The van der Waals surface area contributed by atoms with Crippen molar-refractivity contribution in [3.05, 3.63) is 35.4 Å². The van der Waals surface area contributed by atoms with E-state index in [1.165, 1.54) is 5.56 Å². The van der Waals surface area contributed by atoms with Crippen LogP contribution in [0.4, 0.5) is 0 Å². The maximum atomic E-state index is 11.7. The minimum Gasteiger partial charge on any atom is -0.394 e. The van der Waals surface area contributed by atoms with Crippen LogP contribution >= 0.6 is 0 Å². The van der Waals surface area contributed by atoms with Crippen molar-refractivity contribution in [3.63, 3.8) is 0 Å². The summed E-state index contributed by atoms with van der Waals surface area (Å²) < 4.78 is 5.12. The number of hydrogen-bond donors (Lipinski definition) is 1. The second-order valence-electron chi connectivity index (χ2n) is 4.36. The number of ether oxygens (including phenoxy) is 1. The summed E-state index contributed by atoms with van der Waals surface area (Å²) in [7, 11) is 0. The summed E-state index contributed by atoms with van der Waals surface area (Å²) in [6, 6.07) is 7.83. The first-order valence-corrected chi connectivity index (χ1v) is 5.74. The molecule has 2 rings (SSSR count). The van der Waals surface area contributed by atoms with Crippen molar-refractivity contribution in [1.29, 1.82) is 0 Å². The molecule has 1 aromatic rings. The van der Waals surface area contributed by atoms with Gasteiger partial charge in [-0.1, -0.05) is 29.8 Å². The van der Waals surface area contributed by atoms with Gasteiger partial charge in [-0.05, 0) is 12.5 Å². The SMILES string of the molecule is Cc1ccc(CN2C(=O)COCC2CO)cc1. The molecule has 1 N–H and O–H groups in total. The van der Waals surface area contributed by atoms with Gasteiger partial charge in [0.25, 0.3) is 0 Å². The number of nitrogens with zero attached hydrogens (tertiary/aromatic N) is 1. The van der Waals surface area contributed by atoms with Gasteiger partial charge in [0.05, 0.1) is 19.3 Å². The fourth-order valence-corrected chi connectivity index (χ4v) is 1.92. The first-order chi connectivity index (χ1) is 8.20. The van der Waals surface area contributed by atoms with E-state index < -0.39 is 0 Å². The van der Waals surface area contributed by atoms with Crippen molar-refractivity contribution in [3.8, 4) is 0 Å². The van der Waals surface area contributed by atoms with Crippen molar-refractivity contribution < 1.29 is 14.6 Å². The van der Waals surface area contributed by atoms with Gasteiger partial charge in [0.15, 0.2) is 0 Å². The van der Waals surface area contributed by atoms with Crippen LogP contribution in [-0.4, -0.2) is 41.8 Å². The summed E-state index contributed by atoms with van der Waals surface area (Å²) in [5, 5.41) is 9.23. The molecule has 1 aromatic carbocycles. The highest BCUT2D eigenvalue weighted by Crippen LogP contribution is 2.13. The topological polar surface area (TPSA) is 49.8 Å². The highest BCUT2D eigenvalue weighted by atomic mass is 16.5. The van der Waals surface area contributed by atoms with E-state index in [4.69, 9.17) is 4.74 Å². The van der Waals surface area contributed by atoms with E-state index >= 15 is 0 Å². The van der Waals surface area contributed by atoms with Gasteiger partial charge in [0.1, 0.15) is 6.61 Å². The van der Waals surface area contributed by atoms with Crippen molar-refractivity contribution in [2.75, 3.05) is 19.8 Å². The Balaban J connectivity index is 2.09. The molecule has 92 valence electrons. The van der Waals surface area contributed by atoms with Crippen LogP contribution in [0.1, 0.15) is 11.1 Å². The average Bonchev–Trinajstić information content (AvgIpc) is 2.34. The Morgan fingerprint density at radius 1 is 1.41 bits per heavy atom. The van der Waals surface area contributed by atoms with Crippen LogP contribution in [0.5, 0.6) is 0 Å². The molecule has 1 amide bonds. The van der Waals surface area contributed by atoms with Gasteiger partial charge in [-0.25, -0.2) is 0 Å². The highest BCUT2D eigenvalue weighted by molar-refractivity contribution is 5.78. The quantitative estimate of drug-likeness (QED) is 0.839. The van der Waals surface area contributed by atoms with E-state index in [0.29, 0.717) is 13.2 Å². The molecule has 1 fully saturated rings. The van der Waals surface area contributed by atoms with Crippen molar-refractivity contribution in [1.82, 2.24) is 4.90 Å². The molecule has 1 atom stereocenters. The minimum absolute atomic E-state index is 0.0579. The number of aliphatic hydroxyl groups is 1. The first kappa shape index (κ1) is 12.1. The molecular formula is C13H17NO3. The van der Waals surface area contributed by atoms with Gasteiger partial charge in [-0.3, -0.25) is 4.79 Å². The van der Waals surface area contributed by atoms with Gasteiger partial charge in [0, 0.05) is 6.54 Å². The van der Waals surface area contributed by atoms with Crippen molar-refractivity contribution in [2.45, 2.75) is 19.5 Å². The lowest BCUT2D eigenvalue weighted by Gasteiger charge is -2.34. The van der Waals surface area contributed by atoms with Crippen LogP contribution in [0.3, 0.4) is 0 Å². The number of morpholine rings is 1. The van der Waals surface area contributed by atoms with Gasteiger partial charge >= 0.3 is 0 Å². The van der Waals surface area contributed by atoms with E-state index in [2.05, 4.69) is 0 Å². The summed E-state index contributed by atoms with van der Waals surface area (Å²) in [6.07, 6.45) is 0. The second-order valence-corrected chi connectivity index (χ2v) is 4.36. The van der Waals surface area contributed by atoms with E-state index in [1.807, 2.05) is 31.2 Å². The standard InChI is InChI=1S/C13H17NO3/c1-10-2-4-11(5-3-10)6-14-12(7-15)8-17-9-13(14)16/h2-5,12,15H,6-9H2,1H3. The number of benzene rings is 1. The molecule has 0 bridgehead atoms. The van der Waals surface area contributed by atoms with E-state index in [-0.39, 0.29) is 25.2 Å². The van der Waals surface area contributed by atoms with Crippen molar-refractivity contribution >= 4 is 5.91 Å². The molecule has 1 unspecified atom stereocenters. The Labute approximate surface area is 101 Å². The number of carbonyl (C=O) groups excluding carboxylic acids is 1. The molecule has 0 radical (unpaired) electrons. The molecule has 4 nitrogen and oxygen atoms in total. The molecule has 1 aliphatic heterocycles. The number of aliphatic hydroxyl groups excluding tert-OH is 1. The lowest BCUT2D eigenvalue weighted by molar-refractivity contribution is -0.151. The second kappa shape index (κ2) is 5.29. The zero-order valence-electron chi connectivity index (χ0n) is 9.93. The summed E-state index contributed by atoms with van der Waals surface area (Å²) in [4.78, 5) is 13.4. The fourth-order valence-electron chi connectivity index (χ4n) is 1.92. The lowest BCUT2D eigenvalue weighted by atomic mass is 10.1. The normalized spacial score (nSPS) is 20.7. The van der Waals surface area contributed by atoms with Gasteiger partial charge in [-0.15, -0.1) is 0 Å². The summed E-state index contributed by atoms with van der Waals surface area (Å²) >= 11 is 0. The Morgan fingerprint density at radius 2 is 2.12 bits per heavy atom.